The molecule has 2 heterocycles. The number of carbonyl (C=O) groups excluding carboxylic acids is 1. The molecule has 0 atom stereocenters. The number of hydrogen-bond donors (Lipinski definition) is 1. The number of rotatable bonds is 5. The van der Waals surface area contributed by atoms with Gasteiger partial charge in [-0.2, -0.15) is 0 Å². The fourth-order valence-corrected chi connectivity index (χ4v) is 4.31. The number of piperidine rings is 1. The van der Waals surface area contributed by atoms with Crippen LogP contribution in [-0.4, -0.2) is 35.7 Å². The highest BCUT2D eigenvalue weighted by atomic mass is 16.5. The number of nitrogens with zero attached hydrogens (tertiary/aromatic N) is 1. The molecule has 1 aliphatic heterocycles. The lowest BCUT2D eigenvalue weighted by molar-refractivity contribution is -0.149. The first kappa shape index (κ1) is 21.1. The molecule has 6 heteroatoms. The van der Waals surface area contributed by atoms with Crippen LogP contribution < -0.4 is 5.43 Å². The molecule has 2 aromatic carbocycles. The van der Waals surface area contributed by atoms with Crippen molar-refractivity contribution in [2.24, 2.45) is 5.92 Å². The van der Waals surface area contributed by atoms with Crippen molar-refractivity contribution in [2.75, 3.05) is 19.7 Å². The number of carbonyl (C=O) groups is 1. The summed E-state index contributed by atoms with van der Waals surface area (Å²) in [5.41, 5.74) is 2.28. The zero-order valence-corrected chi connectivity index (χ0v) is 17.9. The Bertz CT molecular complexity index is 1140. The van der Waals surface area contributed by atoms with Gasteiger partial charge in [-0.15, -0.1) is 0 Å². The van der Waals surface area contributed by atoms with E-state index < -0.39 is 0 Å². The van der Waals surface area contributed by atoms with Crippen LogP contribution in [0.2, 0.25) is 0 Å². The summed E-state index contributed by atoms with van der Waals surface area (Å²) in [6, 6.07) is 12.6. The van der Waals surface area contributed by atoms with E-state index in [2.05, 4.69) is 4.90 Å². The summed E-state index contributed by atoms with van der Waals surface area (Å²) in [6.45, 7) is 5.87. The third-order valence-electron chi connectivity index (χ3n) is 5.97. The van der Waals surface area contributed by atoms with Crippen LogP contribution in [0.4, 0.5) is 0 Å². The van der Waals surface area contributed by atoms with Crippen molar-refractivity contribution in [1.29, 1.82) is 0 Å². The third-order valence-corrected chi connectivity index (χ3v) is 5.97. The Morgan fingerprint density at radius 1 is 1.16 bits per heavy atom. The maximum absolute atomic E-state index is 13.3. The Labute approximate surface area is 181 Å². The van der Waals surface area contributed by atoms with Crippen molar-refractivity contribution in [3.8, 4) is 16.9 Å². The van der Waals surface area contributed by atoms with Gasteiger partial charge in [-0.25, -0.2) is 0 Å². The molecule has 0 saturated carbocycles. The fourth-order valence-electron chi connectivity index (χ4n) is 4.31. The van der Waals surface area contributed by atoms with Crippen LogP contribution in [0.3, 0.4) is 0 Å². The van der Waals surface area contributed by atoms with Gasteiger partial charge in [-0.1, -0.05) is 30.3 Å². The normalized spacial score (nSPS) is 15.3. The Morgan fingerprint density at radius 2 is 1.87 bits per heavy atom. The average Bonchev–Trinajstić information content (AvgIpc) is 2.77. The zero-order valence-electron chi connectivity index (χ0n) is 17.9. The smallest absolute Gasteiger partial charge is 0.309 e. The van der Waals surface area contributed by atoms with Crippen molar-refractivity contribution < 1.29 is 19.1 Å². The predicted molar refractivity (Wildman–Crippen MR) is 119 cm³/mol. The maximum Gasteiger partial charge on any atom is 0.309 e. The Kier molecular flexibility index (Phi) is 6.09. The van der Waals surface area contributed by atoms with Crippen molar-refractivity contribution in [2.45, 2.75) is 33.2 Å². The van der Waals surface area contributed by atoms with Crippen LogP contribution in [0.25, 0.3) is 22.1 Å². The van der Waals surface area contributed by atoms with E-state index in [1.165, 1.54) is 0 Å². The van der Waals surface area contributed by atoms with Gasteiger partial charge in [0.2, 0.25) is 5.43 Å². The van der Waals surface area contributed by atoms with E-state index in [-0.39, 0.29) is 23.1 Å². The van der Waals surface area contributed by atoms with Gasteiger partial charge in [0, 0.05) is 6.54 Å². The summed E-state index contributed by atoms with van der Waals surface area (Å²) < 4.78 is 11.3. The second-order valence-electron chi connectivity index (χ2n) is 7.97. The lowest BCUT2D eigenvalue weighted by atomic mass is 9.96. The molecule has 1 N–H and O–H groups in total. The van der Waals surface area contributed by atoms with E-state index >= 15 is 0 Å². The molecular weight excluding hydrogens is 394 g/mol. The number of fused-ring (bicyclic) bond motifs is 1. The van der Waals surface area contributed by atoms with E-state index in [1.54, 1.807) is 19.1 Å². The molecule has 31 heavy (non-hydrogen) atoms. The fraction of sp³-hybridized carbons (Fsp3) is 0.360. The lowest BCUT2D eigenvalue weighted by Gasteiger charge is -2.31. The number of benzene rings is 2. The molecule has 3 aromatic rings. The number of hydrogen-bond acceptors (Lipinski definition) is 6. The van der Waals surface area contributed by atoms with E-state index in [0.717, 1.165) is 5.56 Å². The average molecular weight is 421 g/mol. The van der Waals surface area contributed by atoms with Crippen molar-refractivity contribution in [3.05, 3.63) is 64.0 Å². The van der Waals surface area contributed by atoms with Gasteiger partial charge in [0.1, 0.15) is 17.1 Å². The first-order chi connectivity index (χ1) is 15.0. The van der Waals surface area contributed by atoms with Gasteiger partial charge in [0.25, 0.3) is 0 Å². The molecule has 0 unspecified atom stereocenters. The van der Waals surface area contributed by atoms with Gasteiger partial charge >= 0.3 is 5.97 Å². The second-order valence-corrected chi connectivity index (χ2v) is 7.97. The molecule has 1 aromatic heterocycles. The minimum absolute atomic E-state index is 0.0779. The number of ether oxygens (including phenoxy) is 1. The van der Waals surface area contributed by atoms with E-state index in [9.17, 15) is 14.7 Å². The number of aryl methyl sites for hydroxylation is 1. The van der Waals surface area contributed by atoms with E-state index in [4.69, 9.17) is 9.15 Å². The summed E-state index contributed by atoms with van der Waals surface area (Å²) in [5.74, 6) is 0.419. The first-order valence-electron chi connectivity index (χ1n) is 10.7. The Balaban J connectivity index is 1.64. The second kappa shape index (κ2) is 8.94. The molecule has 1 saturated heterocycles. The predicted octanol–water partition coefficient (Wildman–Crippen LogP) is 4.25. The molecule has 1 fully saturated rings. The number of phenolic OH excluding ortho intramolecular Hbond substituents is 1. The van der Waals surface area contributed by atoms with Crippen molar-refractivity contribution >= 4 is 16.9 Å². The molecule has 1 aliphatic rings. The largest absolute Gasteiger partial charge is 0.507 e. The highest BCUT2D eigenvalue weighted by molar-refractivity contribution is 5.86. The molecule has 0 aliphatic carbocycles. The summed E-state index contributed by atoms with van der Waals surface area (Å²) in [7, 11) is 0. The molecular formula is C25H27NO5. The Hall–Kier alpha value is -3.12. The monoisotopic (exact) mass is 421 g/mol. The molecule has 0 spiro atoms. The van der Waals surface area contributed by atoms with Crippen LogP contribution in [0.1, 0.15) is 31.1 Å². The maximum atomic E-state index is 13.3. The molecule has 0 radical (unpaired) electrons. The summed E-state index contributed by atoms with van der Waals surface area (Å²) in [4.78, 5) is 27.4. The quantitative estimate of drug-likeness (QED) is 0.621. The zero-order chi connectivity index (χ0) is 22.0. The summed E-state index contributed by atoms with van der Waals surface area (Å²) in [6.07, 6.45) is 1.43. The van der Waals surface area contributed by atoms with Crippen molar-refractivity contribution in [1.82, 2.24) is 4.90 Å². The summed E-state index contributed by atoms with van der Waals surface area (Å²) in [5, 5.41) is 11.0. The first-order valence-corrected chi connectivity index (χ1v) is 10.7. The van der Waals surface area contributed by atoms with Gasteiger partial charge in [0.05, 0.1) is 29.0 Å². The molecule has 0 amide bonds. The molecule has 0 bridgehead atoms. The Morgan fingerprint density at radius 3 is 2.55 bits per heavy atom. The van der Waals surface area contributed by atoms with E-state index in [0.29, 0.717) is 66.9 Å². The lowest BCUT2D eigenvalue weighted by Crippen LogP contribution is -2.36. The topological polar surface area (TPSA) is 80.0 Å². The summed E-state index contributed by atoms with van der Waals surface area (Å²) >= 11 is 0. The molecule has 4 rings (SSSR count). The van der Waals surface area contributed by atoms with Crippen LogP contribution in [0.15, 0.2) is 51.7 Å². The van der Waals surface area contributed by atoms with Crippen molar-refractivity contribution in [3.63, 3.8) is 0 Å². The third kappa shape index (κ3) is 4.21. The number of phenols is 1. The van der Waals surface area contributed by atoms with Gasteiger partial charge < -0.3 is 14.3 Å². The highest BCUT2D eigenvalue weighted by Gasteiger charge is 2.27. The van der Waals surface area contributed by atoms with E-state index in [1.807, 2.05) is 37.3 Å². The number of likely N-dealkylation sites (tertiary alicyclic amines) is 1. The standard InChI is InChI=1S/C25H27NO5/c1-3-30-25(29)18-11-13-26(14-12-18)15-20-21(27)10-9-19-23(28)22(16(2)31-24(19)20)17-7-5-4-6-8-17/h4-10,18,27H,3,11-15H2,1-2H3. The number of aromatic hydroxyl groups is 1. The van der Waals surface area contributed by atoms with Crippen LogP contribution in [-0.2, 0) is 16.1 Å². The molecule has 162 valence electrons. The minimum Gasteiger partial charge on any atom is -0.507 e. The SMILES string of the molecule is CCOC(=O)C1CCN(Cc2c(O)ccc3c(=O)c(-c4ccccc4)c(C)oc23)CC1. The highest BCUT2D eigenvalue weighted by Crippen LogP contribution is 2.32. The molecule has 6 nitrogen and oxygen atoms in total. The van der Waals surface area contributed by atoms with Crippen LogP contribution in [0, 0.1) is 12.8 Å². The van der Waals surface area contributed by atoms with Gasteiger partial charge in [-0.3, -0.25) is 14.5 Å². The van der Waals surface area contributed by atoms with Crippen LogP contribution >= 0.6 is 0 Å². The van der Waals surface area contributed by atoms with Gasteiger partial charge in [-0.05, 0) is 57.5 Å². The minimum atomic E-state index is -0.134. The number of esters is 1. The van der Waals surface area contributed by atoms with Gasteiger partial charge in [0.15, 0.2) is 0 Å². The van der Waals surface area contributed by atoms with Crippen LogP contribution in [0.5, 0.6) is 5.75 Å².